The van der Waals surface area contributed by atoms with E-state index >= 15 is 0 Å². The zero-order valence-electron chi connectivity index (χ0n) is 7.98. The standard InChI is InChI=1S/C10H16Cl2O/c1-2-3-4-5-6-9(13)8-7-10(8,11)12/h8H,2-7H2,1H3. The maximum absolute atomic E-state index is 11.4. The minimum absolute atomic E-state index is 0.0718. The molecule has 0 heterocycles. The van der Waals surface area contributed by atoms with Gasteiger partial charge in [-0.1, -0.05) is 26.2 Å². The lowest BCUT2D eigenvalue weighted by Gasteiger charge is -1.99. The molecule has 0 N–H and O–H groups in total. The van der Waals surface area contributed by atoms with E-state index in [1.807, 2.05) is 0 Å². The summed E-state index contributed by atoms with van der Waals surface area (Å²) >= 11 is 11.6. The van der Waals surface area contributed by atoms with Crippen LogP contribution in [0.4, 0.5) is 0 Å². The topological polar surface area (TPSA) is 17.1 Å². The first kappa shape index (κ1) is 11.3. The first-order valence-corrected chi connectivity index (χ1v) is 5.74. The molecule has 1 unspecified atom stereocenters. The summed E-state index contributed by atoms with van der Waals surface area (Å²) < 4.78 is -0.720. The fourth-order valence-corrected chi connectivity index (χ4v) is 2.01. The SMILES string of the molecule is CCCCCCC(=O)C1CC1(Cl)Cl. The summed E-state index contributed by atoms with van der Waals surface area (Å²) in [5, 5.41) is 0. The van der Waals surface area contributed by atoms with Crippen molar-refractivity contribution in [3.05, 3.63) is 0 Å². The zero-order chi connectivity index (χ0) is 9.90. The molecule has 0 radical (unpaired) electrons. The lowest BCUT2D eigenvalue weighted by Crippen LogP contribution is -2.05. The molecule has 0 spiro atoms. The number of hydrogen-bond acceptors (Lipinski definition) is 1. The fraction of sp³-hybridized carbons (Fsp3) is 0.900. The third-order valence-corrected chi connectivity index (χ3v) is 3.33. The number of carbonyl (C=O) groups excluding carboxylic acids is 1. The largest absolute Gasteiger partial charge is 0.299 e. The van der Waals surface area contributed by atoms with Crippen molar-refractivity contribution in [2.24, 2.45) is 5.92 Å². The van der Waals surface area contributed by atoms with Crippen LogP contribution in [0.15, 0.2) is 0 Å². The number of unbranched alkanes of at least 4 members (excludes halogenated alkanes) is 3. The predicted molar refractivity (Wildman–Crippen MR) is 56.3 cm³/mol. The molecule has 1 nitrogen and oxygen atoms in total. The summed E-state index contributed by atoms with van der Waals surface area (Å²) in [5.74, 6) is 0.179. The van der Waals surface area contributed by atoms with E-state index in [1.165, 1.54) is 12.8 Å². The summed E-state index contributed by atoms with van der Waals surface area (Å²) in [6.07, 6.45) is 5.87. The van der Waals surface area contributed by atoms with Gasteiger partial charge in [-0.3, -0.25) is 4.79 Å². The van der Waals surface area contributed by atoms with Gasteiger partial charge in [0.1, 0.15) is 10.1 Å². The molecule has 0 amide bonds. The Bertz CT molecular complexity index is 189. The average molecular weight is 223 g/mol. The molecular formula is C10H16Cl2O. The van der Waals surface area contributed by atoms with Gasteiger partial charge in [0.25, 0.3) is 0 Å². The van der Waals surface area contributed by atoms with Crippen LogP contribution < -0.4 is 0 Å². The van der Waals surface area contributed by atoms with Crippen molar-refractivity contribution in [3.8, 4) is 0 Å². The molecule has 1 fully saturated rings. The predicted octanol–water partition coefficient (Wildman–Crippen LogP) is 3.72. The molecule has 0 aliphatic heterocycles. The second-order valence-electron chi connectivity index (χ2n) is 3.79. The highest BCUT2D eigenvalue weighted by Gasteiger charge is 2.55. The van der Waals surface area contributed by atoms with Gasteiger partial charge in [0.05, 0.1) is 5.92 Å². The highest BCUT2D eigenvalue weighted by atomic mass is 35.5. The van der Waals surface area contributed by atoms with E-state index in [0.29, 0.717) is 12.8 Å². The van der Waals surface area contributed by atoms with Crippen LogP contribution in [0.3, 0.4) is 0 Å². The number of ketones is 1. The molecule has 0 aromatic heterocycles. The van der Waals surface area contributed by atoms with Crippen molar-refractivity contribution in [1.29, 1.82) is 0 Å². The Morgan fingerprint density at radius 2 is 2.00 bits per heavy atom. The number of rotatable bonds is 6. The van der Waals surface area contributed by atoms with E-state index in [1.54, 1.807) is 0 Å². The zero-order valence-corrected chi connectivity index (χ0v) is 9.50. The lowest BCUT2D eigenvalue weighted by atomic mass is 10.1. The van der Waals surface area contributed by atoms with E-state index in [4.69, 9.17) is 23.2 Å². The summed E-state index contributed by atoms with van der Waals surface area (Å²) in [5.41, 5.74) is 0. The number of carbonyl (C=O) groups is 1. The Kier molecular flexibility index (Phi) is 4.06. The number of alkyl halides is 2. The van der Waals surface area contributed by atoms with Crippen LogP contribution in [0, 0.1) is 5.92 Å². The monoisotopic (exact) mass is 222 g/mol. The molecule has 1 saturated carbocycles. The van der Waals surface area contributed by atoms with Crippen LogP contribution in [0.1, 0.15) is 45.4 Å². The first-order valence-electron chi connectivity index (χ1n) is 4.98. The maximum Gasteiger partial charge on any atom is 0.139 e. The molecule has 76 valence electrons. The maximum atomic E-state index is 11.4. The molecule has 1 rings (SSSR count). The van der Waals surface area contributed by atoms with Crippen molar-refractivity contribution in [2.45, 2.75) is 49.8 Å². The molecule has 0 saturated heterocycles. The third-order valence-electron chi connectivity index (χ3n) is 2.49. The van der Waals surface area contributed by atoms with Gasteiger partial charge in [0.2, 0.25) is 0 Å². The summed E-state index contributed by atoms with van der Waals surface area (Å²) in [4.78, 5) is 11.4. The van der Waals surface area contributed by atoms with Crippen molar-refractivity contribution >= 4 is 29.0 Å². The van der Waals surface area contributed by atoms with Crippen LogP contribution >= 0.6 is 23.2 Å². The molecular weight excluding hydrogens is 207 g/mol. The normalized spacial score (nSPS) is 24.4. The molecule has 0 bridgehead atoms. The average Bonchev–Trinajstić information content (AvgIpc) is 2.69. The number of halogens is 2. The minimum Gasteiger partial charge on any atom is -0.299 e. The molecule has 3 heteroatoms. The second-order valence-corrected chi connectivity index (χ2v) is 5.34. The smallest absolute Gasteiger partial charge is 0.139 e. The van der Waals surface area contributed by atoms with Crippen LogP contribution in [-0.4, -0.2) is 10.1 Å². The van der Waals surface area contributed by atoms with Crippen LogP contribution in [0.25, 0.3) is 0 Å². The van der Waals surface area contributed by atoms with Crippen LogP contribution in [0.5, 0.6) is 0 Å². The van der Waals surface area contributed by atoms with E-state index in [2.05, 4.69) is 6.92 Å². The van der Waals surface area contributed by atoms with Gasteiger partial charge in [-0.2, -0.15) is 0 Å². The molecule has 0 aromatic rings. The molecule has 1 atom stereocenters. The minimum atomic E-state index is -0.720. The fourth-order valence-electron chi connectivity index (χ4n) is 1.46. The van der Waals surface area contributed by atoms with Gasteiger partial charge in [0, 0.05) is 6.42 Å². The van der Waals surface area contributed by atoms with E-state index < -0.39 is 4.33 Å². The van der Waals surface area contributed by atoms with Crippen molar-refractivity contribution in [1.82, 2.24) is 0 Å². The highest BCUT2D eigenvalue weighted by Crippen LogP contribution is 2.54. The Morgan fingerprint density at radius 3 is 2.46 bits per heavy atom. The number of Topliss-reactive ketones (excluding diaryl/α,β-unsaturated/α-hetero) is 1. The van der Waals surface area contributed by atoms with Gasteiger partial charge in [-0.05, 0) is 12.8 Å². The third kappa shape index (κ3) is 3.47. The van der Waals surface area contributed by atoms with Crippen LogP contribution in [-0.2, 0) is 4.79 Å². The summed E-state index contributed by atoms with van der Waals surface area (Å²) in [6, 6.07) is 0. The lowest BCUT2D eigenvalue weighted by molar-refractivity contribution is -0.120. The Labute approximate surface area is 89.8 Å². The van der Waals surface area contributed by atoms with Gasteiger partial charge in [-0.15, -0.1) is 23.2 Å². The van der Waals surface area contributed by atoms with E-state index in [-0.39, 0.29) is 11.7 Å². The van der Waals surface area contributed by atoms with Gasteiger partial charge in [-0.25, -0.2) is 0 Å². The van der Waals surface area contributed by atoms with Gasteiger partial charge >= 0.3 is 0 Å². The highest BCUT2D eigenvalue weighted by molar-refractivity contribution is 6.52. The first-order chi connectivity index (χ1) is 6.08. The Balaban J connectivity index is 2.06. The Hall–Kier alpha value is 0.250. The van der Waals surface area contributed by atoms with Crippen molar-refractivity contribution in [3.63, 3.8) is 0 Å². The Morgan fingerprint density at radius 1 is 1.38 bits per heavy atom. The van der Waals surface area contributed by atoms with E-state index in [0.717, 1.165) is 12.8 Å². The molecule has 13 heavy (non-hydrogen) atoms. The van der Waals surface area contributed by atoms with E-state index in [9.17, 15) is 4.79 Å². The summed E-state index contributed by atoms with van der Waals surface area (Å²) in [7, 11) is 0. The quantitative estimate of drug-likeness (QED) is 0.495. The van der Waals surface area contributed by atoms with Gasteiger partial charge in [0.15, 0.2) is 0 Å². The van der Waals surface area contributed by atoms with Crippen molar-refractivity contribution < 1.29 is 4.79 Å². The van der Waals surface area contributed by atoms with Crippen LogP contribution in [0.2, 0.25) is 0 Å². The molecule has 1 aliphatic rings. The second kappa shape index (κ2) is 4.65. The number of hydrogen-bond donors (Lipinski definition) is 0. The summed E-state index contributed by atoms with van der Waals surface area (Å²) in [6.45, 7) is 2.16. The van der Waals surface area contributed by atoms with Gasteiger partial charge < -0.3 is 0 Å². The van der Waals surface area contributed by atoms with Crippen molar-refractivity contribution in [2.75, 3.05) is 0 Å². The molecule has 1 aliphatic carbocycles. The molecule has 0 aromatic carbocycles.